The maximum Gasteiger partial charge on any atom is 0.147 e. The zero-order valence-electron chi connectivity index (χ0n) is 9.15. The van der Waals surface area contributed by atoms with Gasteiger partial charge in [0.1, 0.15) is 9.84 Å². The first kappa shape index (κ1) is 11.4. The van der Waals surface area contributed by atoms with E-state index in [1.54, 1.807) is 0 Å². The number of nitrogens with zero attached hydrogens (tertiary/aromatic N) is 1. The Morgan fingerprint density at radius 1 is 1.47 bits per heavy atom. The van der Waals surface area contributed by atoms with Crippen LogP contribution in [-0.2, 0) is 9.84 Å². The number of hydrogen-bond acceptors (Lipinski definition) is 4. The van der Waals surface area contributed by atoms with Gasteiger partial charge in [-0.2, -0.15) is 0 Å². The Morgan fingerprint density at radius 2 is 2.20 bits per heavy atom. The van der Waals surface area contributed by atoms with Crippen molar-refractivity contribution in [1.29, 1.82) is 0 Å². The van der Waals surface area contributed by atoms with Gasteiger partial charge in [-0.1, -0.05) is 0 Å². The molecule has 5 heteroatoms. The Kier molecular flexibility index (Phi) is 2.81. The molecule has 2 aliphatic heterocycles. The molecule has 0 aromatic carbocycles. The topological polar surface area (TPSA) is 57.6 Å². The highest BCUT2D eigenvalue weighted by Gasteiger charge is 2.44. The van der Waals surface area contributed by atoms with Crippen molar-refractivity contribution in [2.24, 2.45) is 5.92 Å². The number of aliphatic hydroxyl groups is 1. The summed E-state index contributed by atoms with van der Waals surface area (Å²) in [6.07, 6.45) is 3.39. The molecule has 2 rings (SSSR count). The molecule has 0 amide bonds. The molecule has 4 nitrogen and oxygen atoms in total. The van der Waals surface area contributed by atoms with E-state index < -0.39 is 15.4 Å². The van der Waals surface area contributed by atoms with E-state index in [0.29, 0.717) is 6.42 Å². The van der Waals surface area contributed by atoms with E-state index in [9.17, 15) is 13.5 Å². The SMILES string of the molecule is CS(=O)(=O)CCC1(O)CCN2CCC1C2. The fourth-order valence-electron chi connectivity index (χ4n) is 2.72. The molecule has 1 N–H and O–H groups in total. The molecule has 0 radical (unpaired) electrons. The zero-order valence-corrected chi connectivity index (χ0v) is 9.96. The first-order valence-electron chi connectivity index (χ1n) is 5.51. The maximum absolute atomic E-state index is 11.1. The lowest BCUT2D eigenvalue weighted by Gasteiger charge is -2.38. The Labute approximate surface area is 91.2 Å². The maximum atomic E-state index is 11.1. The van der Waals surface area contributed by atoms with Crippen LogP contribution in [0, 0.1) is 5.92 Å². The van der Waals surface area contributed by atoms with Gasteiger partial charge in [0.25, 0.3) is 0 Å². The third-order valence-electron chi connectivity index (χ3n) is 3.80. The van der Waals surface area contributed by atoms with Crippen LogP contribution in [0.5, 0.6) is 0 Å². The Hall–Kier alpha value is -0.130. The second-order valence-corrected chi connectivity index (χ2v) is 7.28. The fraction of sp³-hybridized carbons (Fsp3) is 1.00. The molecule has 2 bridgehead atoms. The van der Waals surface area contributed by atoms with E-state index in [1.807, 2.05) is 0 Å². The van der Waals surface area contributed by atoms with Gasteiger partial charge < -0.3 is 10.0 Å². The monoisotopic (exact) mass is 233 g/mol. The largest absolute Gasteiger partial charge is 0.389 e. The molecule has 0 spiro atoms. The molecule has 3 atom stereocenters. The van der Waals surface area contributed by atoms with E-state index >= 15 is 0 Å². The molecule has 88 valence electrons. The van der Waals surface area contributed by atoms with Crippen molar-refractivity contribution in [3.63, 3.8) is 0 Å². The molecule has 15 heavy (non-hydrogen) atoms. The summed E-state index contributed by atoms with van der Waals surface area (Å²) in [5.74, 6) is 0.396. The molecular formula is C10H19NO3S. The normalized spacial score (nSPS) is 40.7. The number of rotatable bonds is 3. The van der Waals surface area contributed by atoms with Crippen LogP contribution >= 0.6 is 0 Å². The second kappa shape index (κ2) is 3.71. The molecule has 2 aliphatic rings. The van der Waals surface area contributed by atoms with E-state index in [1.165, 1.54) is 6.26 Å². The minimum Gasteiger partial charge on any atom is -0.389 e. The van der Waals surface area contributed by atoms with Crippen LogP contribution in [0.2, 0.25) is 0 Å². The third-order valence-corrected chi connectivity index (χ3v) is 4.74. The second-order valence-electron chi connectivity index (χ2n) is 5.02. The van der Waals surface area contributed by atoms with Gasteiger partial charge >= 0.3 is 0 Å². The standard InChI is InChI=1S/C10H19NO3S/c1-15(13,14)7-4-10(12)3-6-11-5-2-9(10)8-11/h9,12H,2-8H2,1H3. The summed E-state index contributed by atoms with van der Waals surface area (Å²) in [5, 5.41) is 10.4. The van der Waals surface area contributed by atoms with Crippen molar-refractivity contribution in [1.82, 2.24) is 4.90 Å². The van der Waals surface area contributed by atoms with Crippen LogP contribution in [0.15, 0.2) is 0 Å². The quantitative estimate of drug-likeness (QED) is 0.738. The highest BCUT2D eigenvalue weighted by molar-refractivity contribution is 7.90. The summed E-state index contributed by atoms with van der Waals surface area (Å²) in [4.78, 5) is 2.35. The number of hydrogen-bond donors (Lipinski definition) is 1. The number of piperidine rings is 1. The molecule has 2 heterocycles. The van der Waals surface area contributed by atoms with Gasteiger partial charge in [0.05, 0.1) is 11.4 Å². The third kappa shape index (κ3) is 2.52. The highest BCUT2D eigenvalue weighted by Crippen LogP contribution is 2.37. The first-order chi connectivity index (χ1) is 6.89. The minimum absolute atomic E-state index is 0.111. The average molecular weight is 233 g/mol. The Morgan fingerprint density at radius 3 is 2.87 bits per heavy atom. The van der Waals surface area contributed by atoms with Crippen molar-refractivity contribution in [2.75, 3.05) is 31.6 Å². The van der Waals surface area contributed by atoms with Crippen molar-refractivity contribution in [3.05, 3.63) is 0 Å². The van der Waals surface area contributed by atoms with Crippen molar-refractivity contribution in [2.45, 2.75) is 24.9 Å². The summed E-state index contributed by atoms with van der Waals surface area (Å²) in [6, 6.07) is 0. The summed E-state index contributed by atoms with van der Waals surface area (Å²) >= 11 is 0. The molecule has 2 fully saturated rings. The van der Waals surface area contributed by atoms with Gasteiger partial charge in [-0.15, -0.1) is 0 Å². The van der Waals surface area contributed by atoms with Crippen LogP contribution in [-0.4, -0.2) is 55.7 Å². The van der Waals surface area contributed by atoms with E-state index in [-0.39, 0.29) is 11.7 Å². The number of fused-ring (bicyclic) bond motifs is 2. The predicted molar refractivity (Wildman–Crippen MR) is 58.4 cm³/mol. The van der Waals surface area contributed by atoms with Crippen LogP contribution in [0.25, 0.3) is 0 Å². The molecule has 0 saturated carbocycles. The van der Waals surface area contributed by atoms with Crippen LogP contribution in [0.4, 0.5) is 0 Å². The van der Waals surface area contributed by atoms with Crippen LogP contribution in [0.3, 0.4) is 0 Å². The molecule has 0 aromatic rings. The van der Waals surface area contributed by atoms with Crippen molar-refractivity contribution < 1.29 is 13.5 Å². The summed E-state index contributed by atoms with van der Waals surface area (Å²) in [6.45, 7) is 2.92. The van der Waals surface area contributed by atoms with E-state index in [0.717, 1.165) is 32.5 Å². The van der Waals surface area contributed by atoms with Crippen molar-refractivity contribution >= 4 is 9.84 Å². The van der Waals surface area contributed by atoms with Crippen molar-refractivity contribution in [3.8, 4) is 0 Å². The number of sulfone groups is 1. The lowest BCUT2D eigenvalue weighted by Crippen LogP contribution is -2.47. The summed E-state index contributed by atoms with van der Waals surface area (Å²) in [5.41, 5.74) is -0.726. The lowest BCUT2D eigenvalue weighted by atomic mass is 9.80. The predicted octanol–water partition coefficient (Wildman–Crippen LogP) is -0.122. The van der Waals surface area contributed by atoms with Gasteiger partial charge in [-0.3, -0.25) is 0 Å². The molecule has 0 aromatic heterocycles. The van der Waals surface area contributed by atoms with Gasteiger partial charge in [-0.05, 0) is 25.8 Å². The summed E-state index contributed by atoms with van der Waals surface area (Å²) in [7, 11) is -2.95. The van der Waals surface area contributed by atoms with Gasteiger partial charge in [0, 0.05) is 25.3 Å². The smallest absolute Gasteiger partial charge is 0.147 e. The van der Waals surface area contributed by atoms with Gasteiger partial charge in [-0.25, -0.2) is 8.42 Å². The molecule has 0 aliphatic carbocycles. The fourth-order valence-corrected chi connectivity index (χ4v) is 3.45. The van der Waals surface area contributed by atoms with E-state index in [4.69, 9.17) is 0 Å². The Balaban J connectivity index is 2.00. The lowest BCUT2D eigenvalue weighted by molar-refractivity contribution is -0.0465. The van der Waals surface area contributed by atoms with Crippen LogP contribution < -0.4 is 0 Å². The minimum atomic E-state index is -2.95. The van der Waals surface area contributed by atoms with E-state index in [2.05, 4.69) is 4.90 Å². The molecule has 2 saturated heterocycles. The molecule has 3 unspecified atom stereocenters. The van der Waals surface area contributed by atoms with Crippen LogP contribution in [0.1, 0.15) is 19.3 Å². The Bertz CT molecular complexity index is 341. The van der Waals surface area contributed by atoms with Gasteiger partial charge in [0.2, 0.25) is 0 Å². The summed E-state index contributed by atoms with van der Waals surface area (Å²) < 4.78 is 22.2. The molecular weight excluding hydrogens is 214 g/mol. The highest BCUT2D eigenvalue weighted by atomic mass is 32.2. The van der Waals surface area contributed by atoms with Gasteiger partial charge in [0.15, 0.2) is 0 Å². The first-order valence-corrected chi connectivity index (χ1v) is 7.58. The zero-order chi connectivity index (χ0) is 11.1. The average Bonchev–Trinajstić information content (AvgIpc) is 2.54.